The number of para-hydroxylation sites is 1. The Labute approximate surface area is 210 Å². The van der Waals surface area contributed by atoms with Crippen LogP contribution in [0.3, 0.4) is 0 Å². The number of furan rings is 1. The van der Waals surface area contributed by atoms with Crippen LogP contribution in [0.25, 0.3) is 28.5 Å². The Kier molecular flexibility index (Phi) is 6.34. The minimum Gasteiger partial charge on any atom is -0.456 e. The number of nitrogens with zero attached hydrogens (tertiary/aromatic N) is 2. The summed E-state index contributed by atoms with van der Waals surface area (Å²) in [5.74, 6) is 0.913. The third kappa shape index (κ3) is 5.18. The van der Waals surface area contributed by atoms with Gasteiger partial charge in [-0.1, -0.05) is 35.9 Å². The van der Waals surface area contributed by atoms with Crippen LogP contribution in [0.15, 0.2) is 93.8 Å². The van der Waals surface area contributed by atoms with Gasteiger partial charge in [0.1, 0.15) is 17.0 Å². The fourth-order valence-electron chi connectivity index (χ4n) is 3.68. The number of rotatable bonds is 7. The van der Waals surface area contributed by atoms with E-state index < -0.39 is 4.92 Å². The number of halogens is 1. The van der Waals surface area contributed by atoms with Gasteiger partial charge in [-0.3, -0.25) is 14.9 Å². The van der Waals surface area contributed by atoms with E-state index in [2.05, 4.69) is 10.3 Å². The molecule has 1 N–H and O–H groups in total. The van der Waals surface area contributed by atoms with Crippen LogP contribution < -0.4 is 5.32 Å². The number of carbonyl (C=O) groups is 1. The van der Waals surface area contributed by atoms with Gasteiger partial charge in [0.25, 0.3) is 5.69 Å². The molecule has 0 fully saturated rings. The minimum absolute atomic E-state index is 0.0558. The molecule has 5 aromatic rings. The molecular weight excluding hydrogens is 482 g/mol. The number of nitrogens with one attached hydrogen (secondary N) is 1. The highest BCUT2D eigenvalue weighted by atomic mass is 35.5. The zero-order chi connectivity index (χ0) is 25.1. The Balaban J connectivity index is 1.25. The quantitative estimate of drug-likeness (QED) is 0.148. The molecule has 0 aliphatic carbocycles. The molecule has 8 nitrogen and oxygen atoms in total. The standard InChI is InChI=1S/C27H18ClN3O5/c28-18-7-5-17(6-8-18)15-27-30-22-16-19(9-12-25(22)36-27)29-26(32)14-11-20-10-13-24(35-20)21-3-1-2-4-23(21)31(33)34/h1-14,16H,15H2,(H,29,32). The normalized spacial score (nSPS) is 11.2. The van der Waals surface area contributed by atoms with Crippen LogP contribution in [0.5, 0.6) is 0 Å². The molecule has 0 aliphatic rings. The second kappa shape index (κ2) is 9.89. The Bertz CT molecular complexity index is 1600. The Morgan fingerprint density at radius 3 is 2.64 bits per heavy atom. The maximum Gasteiger partial charge on any atom is 0.280 e. The molecule has 0 radical (unpaired) electrons. The zero-order valence-electron chi connectivity index (χ0n) is 18.7. The zero-order valence-corrected chi connectivity index (χ0v) is 19.4. The van der Waals surface area contributed by atoms with Crippen molar-refractivity contribution in [3.8, 4) is 11.3 Å². The molecule has 5 rings (SSSR count). The van der Waals surface area contributed by atoms with Crippen LogP contribution in [-0.4, -0.2) is 15.8 Å². The predicted octanol–water partition coefficient (Wildman–Crippen LogP) is 6.89. The van der Waals surface area contributed by atoms with E-state index in [1.54, 1.807) is 48.5 Å². The van der Waals surface area contributed by atoms with Gasteiger partial charge in [0.2, 0.25) is 5.91 Å². The summed E-state index contributed by atoms with van der Waals surface area (Å²) < 4.78 is 11.5. The van der Waals surface area contributed by atoms with Crippen LogP contribution in [0.1, 0.15) is 17.2 Å². The first-order chi connectivity index (χ1) is 17.4. The molecule has 3 aromatic carbocycles. The van der Waals surface area contributed by atoms with E-state index in [1.165, 1.54) is 18.2 Å². The average molecular weight is 500 g/mol. The maximum absolute atomic E-state index is 12.4. The number of nitro groups is 1. The molecule has 36 heavy (non-hydrogen) atoms. The van der Waals surface area contributed by atoms with E-state index in [0.717, 1.165) is 5.56 Å². The lowest BCUT2D eigenvalue weighted by Crippen LogP contribution is -2.07. The fraction of sp³-hybridized carbons (Fsp3) is 0.0370. The number of aromatic nitrogens is 1. The average Bonchev–Trinajstić information content (AvgIpc) is 3.50. The Hall–Kier alpha value is -4.69. The van der Waals surface area contributed by atoms with Crippen LogP contribution in [0.2, 0.25) is 5.02 Å². The van der Waals surface area contributed by atoms with Crippen molar-refractivity contribution in [1.82, 2.24) is 4.98 Å². The van der Waals surface area contributed by atoms with Gasteiger partial charge in [-0.2, -0.15) is 0 Å². The van der Waals surface area contributed by atoms with E-state index in [1.807, 2.05) is 24.3 Å². The monoisotopic (exact) mass is 499 g/mol. The Morgan fingerprint density at radius 1 is 1.03 bits per heavy atom. The van der Waals surface area contributed by atoms with E-state index in [-0.39, 0.29) is 11.6 Å². The number of hydrogen-bond acceptors (Lipinski definition) is 6. The molecule has 0 atom stereocenters. The van der Waals surface area contributed by atoms with E-state index in [4.69, 9.17) is 20.4 Å². The highest BCUT2D eigenvalue weighted by molar-refractivity contribution is 6.30. The number of fused-ring (bicyclic) bond motifs is 1. The van der Waals surface area contributed by atoms with Gasteiger partial charge < -0.3 is 14.2 Å². The lowest BCUT2D eigenvalue weighted by Gasteiger charge is -2.01. The van der Waals surface area contributed by atoms with Gasteiger partial charge in [-0.05, 0) is 60.2 Å². The number of benzene rings is 3. The van der Waals surface area contributed by atoms with E-state index in [0.29, 0.717) is 51.2 Å². The van der Waals surface area contributed by atoms with Gasteiger partial charge >= 0.3 is 0 Å². The van der Waals surface area contributed by atoms with Crippen molar-refractivity contribution >= 4 is 46.1 Å². The fourth-order valence-corrected chi connectivity index (χ4v) is 3.80. The number of nitro benzene ring substituents is 1. The topological polar surface area (TPSA) is 111 Å². The van der Waals surface area contributed by atoms with Crippen molar-refractivity contribution in [2.45, 2.75) is 6.42 Å². The van der Waals surface area contributed by atoms with Crippen molar-refractivity contribution in [1.29, 1.82) is 0 Å². The molecule has 0 bridgehead atoms. The van der Waals surface area contributed by atoms with Crippen molar-refractivity contribution in [3.63, 3.8) is 0 Å². The molecule has 9 heteroatoms. The molecular formula is C27H18ClN3O5. The first kappa shape index (κ1) is 23.1. The highest BCUT2D eigenvalue weighted by Gasteiger charge is 2.16. The number of hydrogen-bond donors (Lipinski definition) is 1. The van der Waals surface area contributed by atoms with Crippen LogP contribution >= 0.6 is 11.6 Å². The second-order valence-electron chi connectivity index (χ2n) is 7.89. The first-order valence-electron chi connectivity index (χ1n) is 10.9. The summed E-state index contributed by atoms with van der Waals surface area (Å²) in [4.78, 5) is 27.7. The first-order valence-corrected chi connectivity index (χ1v) is 11.3. The summed E-state index contributed by atoms with van der Waals surface area (Å²) >= 11 is 5.93. The summed E-state index contributed by atoms with van der Waals surface area (Å²) in [6.45, 7) is 0. The lowest BCUT2D eigenvalue weighted by molar-refractivity contribution is -0.384. The Morgan fingerprint density at radius 2 is 1.83 bits per heavy atom. The van der Waals surface area contributed by atoms with Gasteiger partial charge in [0.15, 0.2) is 11.5 Å². The lowest BCUT2D eigenvalue weighted by atomic mass is 10.1. The summed E-state index contributed by atoms with van der Waals surface area (Å²) in [5, 5.41) is 14.7. The van der Waals surface area contributed by atoms with Crippen LogP contribution in [0.4, 0.5) is 11.4 Å². The summed E-state index contributed by atoms with van der Waals surface area (Å²) in [6, 6.07) is 22.2. The SMILES string of the molecule is O=C(C=Cc1ccc(-c2ccccc2[N+](=O)[O-])o1)Nc1ccc2oc(Cc3ccc(Cl)cc3)nc2c1. The van der Waals surface area contributed by atoms with Crippen molar-refractivity contribution < 1.29 is 18.6 Å². The molecule has 0 spiro atoms. The number of anilines is 1. The number of carbonyl (C=O) groups excluding carboxylic acids is 1. The summed E-state index contributed by atoms with van der Waals surface area (Å²) in [6.07, 6.45) is 3.33. The molecule has 0 saturated heterocycles. The van der Waals surface area contributed by atoms with Gasteiger partial charge in [0.05, 0.1) is 10.5 Å². The van der Waals surface area contributed by atoms with Crippen molar-refractivity contribution in [3.05, 3.63) is 117 Å². The molecule has 0 saturated carbocycles. The second-order valence-corrected chi connectivity index (χ2v) is 8.33. The molecule has 1 amide bonds. The van der Waals surface area contributed by atoms with E-state index >= 15 is 0 Å². The summed E-state index contributed by atoms with van der Waals surface area (Å²) in [7, 11) is 0. The van der Waals surface area contributed by atoms with Gasteiger partial charge in [-0.25, -0.2) is 4.98 Å². The number of amides is 1. The minimum atomic E-state index is -0.465. The number of oxazole rings is 1. The van der Waals surface area contributed by atoms with E-state index in [9.17, 15) is 14.9 Å². The van der Waals surface area contributed by atoms with Crippen LogP contribution in [0, 0.1) is 10.1 Å². The predicted molar refractivity (Wildman–Crippen MR) is 137 cm³/mol. The molecule has 2 heterocycles. The van der Waals surface area contributed by atoms with Crippen LogP contribution in [-0.2, 0) is 11.2 Å². The van der Waals surface area contributed by atoms with Crippen molar-refractivity contribution in [2.24, 2.45) is 0 Å². The highest BCUT2D eigenvalue weighted by Crippen LogP contribution is 2.31. The molecule has 178 valence electrons. The maximum atomic E-state index is 12.4. The largest absolute Gasteiger partial charge is 0.456 e. The van der Waals surface area contributed by atoms with Gasteiger partial charge in [0, 0.05) is 29.3 Å². The summed E-state index contributed by atoms with van der Waals surface area (Å²) in [5.41, 5.74) is 3.13. The molecule has 2 aromatic heterocycles. The third-order valence-electron chi connectivity index (χ3n) is 5.36. The molecule has 0 unspecified atom stereocenters. The van der Waals surface area contributed by atoms with Crippen molar-refractivity contribution in [2.75, 3.05) is 5.32 Å². The van der Waals surface area contributed by atoms with Gasteiger partial charge in [-0.15, -0.1) is 0 Å². The molecule has 0 aliphatic heterocycles. The smallest absolute Gasteiger partial charge is 0.280 e. The third-order valence-corrected chi connectivity index (χ3v) is 5.61.